The van der Waals surface area contributed by atoms with E-state index in [1.807, 2.05) is 13.8 Å². The van der Waals surface area contributed by atoms with Gasteiger partial charge in [-0.25, -0.2) is 0 Å². The first kappa shape index (κ1) is 21.6. The summed E-state index contributed by atoms with van der Waals surface area (Å²) in [5.74, 6) is -5.67. The molecule has 0 heterocycles. The lowest BCUT2D eigenvalue weighted by molar-refractivity contribution is -0.193. The Morgan fingerprint density at radius 1 is 0.783 bits per heavy atom. The molecule has 0 saturated heterocycles. The van der Waals surface area contributed by atoms with Crippen molar-refractivity contribution in [1.29, 1.82) is 0 Å². The molecule has 1 aliphatic rings. The molecule has 0 aromatic heterocycles. The van der Waals surface area contributed by atoms with E-state index in [1.165, 1.54) is 19.3 Å². The van der Waals surface area contributed by atoms with Gasteiger partial charge in [0.25, 0.3) is 0 Å². The first-order valence-electron chi connectivity index (χ1n) is 7.04. The van der Waals surface area contributed by atoms with Gasteiger partial charge in [-0.3, -0.25) is 14.4 Å². The molecule has 23 heavy (non-hydrogen) atoms. The number of hydrogen-bond donors (Lipinski definition) is 0. The monoisotopic (exact) mass is 348 g/mol. The highest BCUT2D eigenvalue weighted by Crippen LogP contribution is 2.26. The summed E-state index contributed by atoms with van der Waals surface area (Å²) in [5.41, 5.74) is 0. The molecule has 0 radical (unpaired) electrons. The van der Waals surface area contributed by atoms with Crippen LogP contribution in [-0.4, -0.2) is 29.7 Å². The van der Waals surface area contributed by atoms with Gasteiger partial charge in [-0.2, -0.15) is 26.3 Å². The van der Waals surface area contributed by atoms with Crippen LogP contribution in [0.2, 0.25) is 0 Å². The fourth-order valence-electron chi connectivity index (χ4n) is 2.12. The van der Waals surface area contributed by atoms with Gasteiger partial charge < -0.3 is 0 Å². The van der Waals surface area contributed by atoms with Gasteiger partial charge in [0, 0.05) is 11.8 Å². The maximum Gasteiger partial charge on any atom is 0.458 e. The summed E-state index contributed by atoms with van der Waals surface area (Å²) in [6, 6.07) is 0. The first-order chi connectivity index (χ1) is 10.3. The lowest BCUT2D eigenvalue weighted by Gasteiger charge is -2.21. The average Bonchev–Trinajstić information content (AvgIpc) is 2.44. The van der Waals surface area contributed by atoms with E-state index in [0.717, 1.165) is 12.8 Å². The van der Waals surface area contributed by atoms with E-state index < -0.39 is 23.9 Å². The molecule has 3 nitrogen and oxygen atoms in total. The zero-order chi connectivity index (χ0) is 18.4. The lowest BCUT2D eigenvalue weighted by Crippen LogP contribution is -2.39. The summed E-state index contributed by atoms with van der Waals surface area (Å²) in [7, 11) is 0. The largest absolute Gasteiger partial charge is 0.458 e. The van der Waals surface area contributed by atoms with Gasteiger partial charge in [-0.1, -0.05) is 33.1 Å². The number of rotatable bonds is 3. The molecular formula is C14H18F6O3. The molecule has 0 aromatic rings. The van der Waals surface area contributed by atoms with Crippen LogP contribution < -0.4 is 0 Å². The number of ketones is 3. The van der Waals surface area contributed by atoms with Gasteiger partial charge >= 0.3 is 23.9 Å². The van der Waals surface area contributed by atoms with Crippen molar-refractivity contribution in [2.75, 3.05) is 0 Å². The second-order valence-corrected chi connectivity index (χ2v) is 5.55. The average molecular weight is 348 g/mol. The molecule has 0 bridgehead atoms. The number of carbonyl (C=O) groups excluding carboxylic acids is 3. The minimum absolute atomic E-state index is 0.248. The van der Waals surface area contributed by atoms with Crippen molar-refractivity contribution in [2.24, 2.45) is 11.8 Å². The zero-order valence-electron chi connectivity index (χ0n) is 12.7. The molecule has 0 aliphatic heterocycles. The summed E-state index contributed by atoms with van der Waals surface area (Å²) < 4.78 is 67.0. The minimum atomic E-state index is -5.77. The van der Waals surface area contributed by atoms with Crippen LogP contribution in [-0.2, 0) is 14.4 Å². The van der Waals surface area contributed by atoms with Crippen molar-refractivity contribution in [3.63, 3.8) is 0 Å². The molecule has 0 unspecified atom stereocenters. The van der Waals surface area contributed by atoms with Gasteiger partial charge in [0.1, 0.15) is 5.78 Å². The number of alkyl halides is 6. The molecule has 1 fully saturated rings. The Balaban J connectivity index is 0.000000422. The lowest BCUT2D eigenvalue weighted by atomic mass is 9.83. The van der Waals surface area contributed by atoms with E-state index in [1.54, 1.807) is 0 Å². The third-order valence-electron chi connectivity index (χ3n) is 3.30. The number of hydrogen-bond acceptors (Lipinski definition) is 3. The fourth-order valence-corrected chi connectivity index (χ4v) is 2.12. The maximum absolute atomic E-state index is 11.5. The molecule has 1 rings (SSSR count). The summed E-state index contributed by atoms with van der Waals surface area (Å²) in [6.07, 6.45) is -5.37. The van der Waals surface area contributed by atoms with Crippen LogP contribution in [0.25, 0.3) is 0 Å². The van der Waals surface area contributed by atoms with E-state index in [9.17, 15) is 40.7 Å². The maximum atomic E-state index is 11.5. The molecule has 1 saturated carbocycles. The smallest absolute Gasteiger partial charge is 0.299 e. The highest BCUT2D eigenvalue weighted by molar-refractivity contribution is 6.41. The van der Waals surface area contributed by atoms with Crippen molar-refractivity contribution in [1.82, 2.24) is 0 Å². The van der Waals surface area contributed by atoms with Crippen LogP contribution in [0, 0.1) is 11.8 Å². The van der Waals surface area contributed by atoms with E-state index in [0.29, 0.717) is 11.7 Å². The summed E-state index contributed by atoms with van der Waals surface area (Å²) in [5, 5.41) is 0. The van der Waals surface area contributed by atoms with Gasteiger partial charge in [-0.05, 0) is 12.8 Å². The van der Waals surface area contributed by atoms with E-state index in [2.05, 4.69) is 0 Å². The van der Waals surface area contributed by atoms with Gasteiger partial charge in [0.2, 0.25) is 0 Å². The highest BCUT2D eigenvalue weighted by atomic mass is 19.4. The van der Waals surface area contributed by atoms with Gasteiger partial charge in [0.05, 0.1) is 0 Å². The van der Waals surface area contributed by atoms with E-state index >= 15 is 0 Å². The molecule has 0 amide bonds. The topological polar surface area (TPSA) is 51.2 Å². The second kappa shape index (κ2) is 8.44. The van der Waals surface area contributed by atoms with Crippen molar-refractivity contribution in [2.45, 2.75) is 58.3 Å². The third kappa shape index (κ3) is 7.60. The Morgan fingerprint density at radius 2 is 1.13 bits per heavy atom. The van der Waals surface area contributed by atoms with Crippen molar-refractivity contribution in [3.05, 3.63) is 0 Å². The summed E-state index contributed by atoms with van der Waals surface area (Å²) in [6.45, 7) is 4.02. The van der Waals surface area contributed by atoms with Crippen molar-refractivity contribution in [3.8, 4) is 0 Å². The normalized spacial score (nSPS) is 16.6. The predicted octanol–water partition coefficient (Wildman–Crippen LogP) is 4.04. The van der Waals surface area contributed by atoms with Gasteiger partial charge in [-0.15, -0.1) is 0 Å². The standard InChI is InChI=1S/C10H18O.C4F6O2/c1-8(2)10(11)9-6-4-3-5-7-9;5-3(6,7)1(11)2(12)4(8,9)10/h8-9H,3-7H2,1-2H3;. The zero-order valence-corrected chi connectivity index (χ0v) is 12.7. The number of halogens is 6. The quantitative estimate of drug-likeness (QED) is 0.571. The van der Waals surface area contributed by atoms with Crippen LogP contribution >= 0.6 is 0 Å². The predicted molar refractivity (Wildman–Crippen MR) is 68.5 cm³/mol. The SMILES string of the molecule is CC(C)C(=O)C1CCCCC1.O=C(C(=O)C(F)(F)F)C(F)(F)F. The molecule has 0 N–H and O–H groups in total. The van der Waals surface area contributed by atoms with Crippen LogP contribution in [0.3, 0.4) is 0 Å². The fraction of sp³-hybridized carbons (Fsp3) is 0.786. The molecular weight excluding hydrogens is 330 g/mol. The van der Waals surface area contributed by atoms with E-state index in [4.69, 9.17) is 0 Å². The van der Waals surface area contributed by atoms with Crippen molar-refractivity contribution < 1.29 is 40.7 Å². The van der Waals surface area contributed by atoms with Crippen LogP contribution in [0.4, 0.5) is 26.3 Å². The molecule has 0 aromatic carbocycles. The van der Waals surface area contributed by atoms with Gasteiger partial charge in [0.15, 0.2) is 0 Å². The molecule has 134 valence electrons. The van der Waals surface area contributed by atoms with Crippen molar-refractivity contribution >= 4 is 17.3 Å². The van der Waals surface area contributed by atoms with E-state index in [-0.39, 0.29) is 5.92 Å². The Bertz CT molecular complexity index is 407. The Hall–Kier alpha value is -1.41. The Labute approximate surface area is 129 Å². The molecule has 0 atom stereocenters. The Morgan fingerprint density at radius 3 is 1.39 bits per heavy atom. The summed E-state index contributed by atoms with van der Waals surface area (Å²) >= 11 is 0. The summed E-state index contributed by atoms with van der Waals surface area (Å²) in [4.78, 5) is 30.7. The number of Topliss-reactive ketones (excluding diaryl/α,β-unsaturated/α-hetero) is 3. The van der Waals surface area contributed by atoms with Crippen LogP contribution in [0.1, 0.15) is 46.0 Å². The highest BCUT2D eigenvalue weighted by Gasteiger charge is 2.54. The third-order valence-corrected chi connectivity index (χ3v) is 3.30. The second-order valence-electron chi connectivity index (χ2n) is 5.55. The minimum Gasteiger partial charge on any atom is -0.299 e. The van der Waals surface area contributed by atoms with Crippen LogP contribution in [0.5, 0.6) is 0 Å². The molecule has 0 spiro atoms. The van der Waals surface area contributed by atoms with Crippen LogP contribution in [0.15, 0.2) is 0 Å². The first-order valence-corrected chi connectivity index (χ1v) is 7.04. The molecule has 1 aliphatic carbocycles. The molecule has 9 heteroatoms. The number of carbonyl (C=O) groups is 3. The Kier molecular flexibility index (Phi) is 7.93.